The van der Waals surface area contributed by atoms with Gasteiger partial charge in [-0.2, -0.15) is 5.26 Å². The Morgan fingerprint density at radius 1 is 1.24 bits per heavy atom. The molecule has 1 aromatic carbocycles. The summed E-state index contributed by atoms with van der Waals surface area (Å²) in [6.07, 6.45) is 1.95. The molecule has 2 aromatic rings. The first-order valence-electron chi connectivity index (χ1n) is 6.55. The second-order valence-corrected chi connectivity index (χ2v) is 4.73. The summed E-state index contributed by atoms with van der Waals surface area (Å²) in [5.41, 5.74) is 2.03. The molecule has 0 aliphatic rings. The van der Waals surface area contributed by atoms with Gasteiger partial charge in [0.2, 0.25) is 5.91 Å². The summed E-state index contributed by atoms with van der Waals surface area (Å²) in [4.78, 5) is 23.5. The van der Waals surface area contributed by atoms with Crippen LogP contribution in [0.1, 0.15) is 17.5 Å². The van der Waals surface area contributed by atoms with E-state index in [0.717, 1.165) is 5.56 Å². The third-order valence-electron chi connectivity index (χ3n) is 3.01. The predicted octanol–water partition coefficient (Wildman–Crippen LogP) is 2.06. The van der Waals surface area contributed by atoms with Gasteiger partial charge < -0.3 is 9.88 Å². The number of pyridine rings is 1. The first kappa shape index (κ1) is 14.5. The van der Waals surface area contributed by atoms with Crippen LogP contribution in [0, 0.1) is 18.3 Å². The van der Waals surface area contributed by atoms with Crippen molar-refractivity contribution in [1.82, 2.24) is 4.57 Å². The van der Waals surface area contributed by atoms with Gasteiger partial charge in [-0.15, -0.1) is 0 Å². The summed E-state index contributed by atoms with van der Waals surface area (Å²) < 4.78 is 1.52. The van der Waals surface area contributed by atoms with E-state index in [9.17, 15) is 9.59 Å². The topological polar surface area (TPSA) is 74.9 Å². The Hall–Kier alpha value is -2.87. The smallest absolute Gasteiger partial charge is 0.250 e. The maximum Gasteiger partial charge on any atom is 0.250 e. The third-order valence-corrected chi connectivity index (χ3v) is 3.01. The summed E-state index contributed by atoms with van der Waals surface area (Å²) in [7, 11) is 0. The van der Waals surface area contributed by atoms with E-state index >= 15 is 0 Å². The maximum atomic E-state index is 11.8. The van der Waals surface area contributed by atoms with Crippen LogP contribution in [0.2, 0.25) is 0 Å². The minimum atomic E-state index is -0.173. The number of rotatable bonds is 4. The molecule has 0 aliphatic carbocycles. The van der Waals surface area contributed by atoms with Crippen molar-refractivity contribution < 1.29 is 4.79 Å². The fraction of sp³-hybridized carbons (Fsp3) is 0.188. The SMILES string of the molecule is Cc1ccc(=O)n(CCC(=O)Nc2ccc(C#N)cc2)c1. The lowest BCUT2D eigenvalue weighted by atomic mass is 10.2. The number of hydrogen-bond acceptors (Lipinski definition) is 3. The minimum Gasteiger partial charge on any atom is -0.326 e. The van der Waals surface area contributed by atoms with Gasteiger partial charge in [-0.3, -0.25) is 9.59 Å². The number of anilines is 1. The quantitative estimate of drug-likeness (QED) is 0.932. The summed E-state index contributed by atoms with van der Waals surface area (Å²) in [5, 5.41) is 11.4. The monoisotopic (exact) mass is 281 g/mol. The Balaban J connectivity index is 1.94. The van der Waals surface area contributed by atoms with E-state index in [4.69, 9.17) is 5.26 Å². The number of amides is 1. The van der Waals surface area contributed by atoms with Gasteiger partial charge in [0.1, 0.15) is 0 Å². The molecule has 2 rings (SSSR count). The minimum absolute atomic E-state index is 0.119. The molecule has 5 nitrogen and oxygen atoms in total. The Kier molecular flexibility index (Phi) is 4.52. The van der Waals surface area contributed by atoms with Crippen molar-refractivity contribution in [3.63, 3.8) is 0 Å². The molecule has 21 heavy (non-hydrogen) atoms. The van der Waals surface area contributed by atoms with Crippen LogP contribution < -0.4 is 10.9 Å². The Labute approximate surface area is 122 Å². The molecule has 0 bridgehead atoms. The number of aromatic nitrogens is 1. The number of aryl methyl sites for hydroxylation is 2. The molecule has 1 amide bonds. The first-order chi connectivity index (χ1) is 10.1. The Morgan fingerprint density at radius 3 is 2.62 bits per heavy atom. The van der Waals surface area contributed by atoms with Gasteiger partial charge in [-0.1, -0.05) is 6.07 Å². The molecule has 0 saturated carbocycles. The van der Waals surface area contributed by atoms with E-state index in [2.05, 4.69) is 5.32 Å². The van der Waals surface area contributed by atoms with E-state index in [0.29, 0.717) is 17.8 Å². The zero-order valence-electron chi connectivity index (χ0n) is 11.7. The average Bonchev–Trinajstić information content (AvgIpc) is 2.49. The molecular weight excluding hydrogens is 266 g/mol. The number of carbonyl (C=O) groups excluding carboxylic acids is 1. The number of nitrogens with one attached hydrogen (secondary N) is 1. The molecule has 106 valence electrons. The zero-order chi connectivity index (χ0) is 15.2. The summed E-state index contributed by atoms with van der Waals surface area (Å²) >= 11 is 0. The Morgan fingerprint density at radius 2 is 1.95 bits per heavy atom. The van der Waals surface area contributed by atoms with Crippen LogP contribution in [0.4, 0.5) is 5.69 Å². The highest BCUT2D eigenvalue weighted by Crippen LogP contribution is 2.09. The van der Waals surface area contributed by atoms with Crippen molar-refractivity contribution >= 4 is 11.6 Å². The molecule has 0 saturated heterocycles. The van der Waals surface area contributed by atoms with Gasteiger partial charge in [-0.25, -0.2) is 0 Å². The molecule has 0 radical (unpaired) electrons. The molecule has 0 spiro atoms. The second kappa shape index (κ2) is 6.53. The molecule has 1 N–H and O–H groups in total. The zero-order valence-corrected chi connectivity index (χ0v) is 11.7. The summed E-state index contributed by atoms with van der Waals surface area (Å²) in [6.45, 7) is 2.23. The molecule has 0 fully saturated rings. The van der Waals surface area contributed by atoms with Gasteiger partial charge in [-0.05, 0) is 36.8 Å². The van der Waals surface area contributed by atoms with Crippen LogP contribution in [-0.4, -0.2) is 10.5 Å². The van der Waals surface area contributed by atoms with Gasteiger partial charge in [0.15, 0.2) is 0 Å². The van der Waals surface area contributed by atoms with E-state index in [1.54, 1.807) is 36.5 Å². The van der Waals surface area contributed by atoms with Gasteiger partial charge >= 0.3 is 0 Å². The van der Waals surface area contributed by atoms with Crippen LogP contribution in [0.15, 0.2) is 47.4 Å². The molecule has 0 atom stereocenters. The van der Waals surface area contributed by atoms with Crippen LogP contribution in [-0.2, 0) is 11.3 Å². The number of nitrogens with zero attached hydrogens (tertiary/aromatic N) is 2. The predicted molar refractivity (Wildman–Crippen MR) is 79.8 cm³/mol. The molecule has 0 aliphatic heterocycles. The standard InChI is InChI=1S/C16H15N3O2/c1-12-2-7-16(21)19(11-12)9-8-15(20)18-14-5-3-13(10-17)4-6-14/h2-7,11H,8-9H2,1H3,(H,18,20). The molecule has 1 aromatic heterocycles. The molecule has 0 unspecified atom stereocenters. The molecular formula is C16H15N3O2. The summed E-state index contributed by atoms with van der Waals surface area (Å²) in [6, 6.07) is 11.9. The van der Waals surface area contributed by atoms with Gasteiger partial charge in [0.05, 0.1) is 11.6 Å². The Bertz CT molecular complexity index is 739. The lowest BCUT2D eigenvalue weighted by Gasteiger charge is -2.07. The van der Waals surface area contributed by atoms with E-state index in [-0.39, 0.29) is 17.9 Å². The van der Waals surface area contributed by atoms with Crippen LogP contribution in [0.3, 0.4) is 0 Å². The molecule has 5 heteroatoms. The van der Waals surface area contributed by atoms with E-state index < -0.39 is 0 Å². The van der Waals surface area contributed by atoms with Crippen LogP contribution in [0.25, 0.3) is 0 Å². The lowest BCUT2D eigenvalue weighted by molar-refractivity contribution is -0.116. The second-order valence-electron chi connectivity index (χ2n) is 4.73. The summed E-state index contributed by atoms with van der Waals surface area (Å²) in [5.74, 6) is -0.173. The van der Waals surface area contributed by atoms with Crippen molar-refractivity contribution in [1.29, 1.82) is 5.26 Å². The van der Waals surface area contributed by atoms with Crippen molar-refractivity contribution in [2.24, 2.45) is 0 Å². The molecule has 1 heterocycles. The number of nitriles is 1. The van der Waals surface area contributed by atoms with Crippen molar-refractivity contribution in [3.8, 4) is 6.07 Å². The number of carbonyl (C=O) groups is 1. The van der Waals surface area contributed by atoms with Gasteiger partial charge in [0, 0.05) is 30.9 Å². The van der Waals surface area contributed by atoms with Crippen molar-refractivity contribution in [2.75, 3.05) is 5.32 Å². The fourth-order valence-corrected chi connectivity index (χ4v) is 1.90. The third kappa shape index (κ3) is 4.05. The van der Waals surface area contributed by atoms with Crippen LogP contribution in [0.5, 0.6) is 0 Å². The van der Waals surface area contributed by atoms with E-state index in [1.165, 1.54) is 10.6 Å². The van der Waals surface area contributed by atoms with E-state index in [1.807, 2.05) is 13.0 Å². The maximum absolute atomic E-state index is 11.8. The fourth-order valence-electron chi connectivity index (χ4n) is 1.90. The highest BCUT2D eigenvalue weighted by atomic mass is 16.1. The average molecular weight is 281 g/mol. The first-order valence-corrected chi connectivity index (χ1v) is 6.55. The highest BCUT2D eigenvalue weighted by molar-refractivity contribution is 5.90. The van der Waals surface area contributed by atoms with Crippen molar-refractivity contribution in [3.05, 3.63) is 64.1 Å². The highest BCUT2D eigenvalue weighted by Gasteiger charge is 2.04. The van der Waals surface area contributed by atoms with Crippen LogP contribution >= 0.6 is 0 Å². The normalized spacial score (nSPS) is 9.90. The largest absolute Gasteiger partial charge is 0.326 e. The van der Waals surface area contributed by atoms with Crippen molar-refractivity contribution in [2.45, 2.75) is 19.9 Å². The number of hydrogen-bond donors (Lipinski definition) is 1. The number of benzene rings is 1. The lowest BCUT2D eigenvalue weighted by Crippen LogP contribution is -2.22. The van der Waals surface area contributed by atoms with Gasteiger partial charge in [0.25, 0.3) is 5.56 Å².